The van der Waals surface area contributed by atoms with E-state index in [-0.39, 0.29) is 64.8 Å². The fourth-order valence-electron chi connectivity index (χ4n) is 7.84. The number of benzene rings is 3. The van der Waals surface area contributed by atoms with E-state index in [2.05, 4.69) is 115 Å². The van der Waals surface area contributed by atoms with Crippen molar-refractivity contribution in [2.24, 2.45) is 0 Å². The SMILES string of the molecule is CC(CCC(C)(C)c1cc(CCOC(=O)CCc2cc(C(C)(C)C)c(O)c(C(C)(C)C)c2)cc(C(C)(C)C)c1O)c1cc(CCC(=O)NCCCO)cc(C(C)(C)C)c1O. The van der Waals surface area contributed by atoms with Crippen LogP contribution in [0.5, 0.6) is 17.2 Å². The van der Waals surface area contributed by atoms with Crippen LogP contribution in [0.15, 0.2) is 36.4 Å². The van der Waals surface area contributed by atoms with Gasteiger partial charge in [-0.25, -0.2) is 0 Å². The maximum atomic E-state index is 13.1. The van der Waals surface area contributed by atoms with Crippen LogP contribution in [0.1, 0.15) is 192 Å². The minimum atomic E-state index is -0.431. The molecule has 3 aromatic rings. The second-order valence-electron chi connectivity index (χ2n) is 21.9. The number of hydrogen-bond acceptors (Lipinski definition) is 7. The molecule has 3 rings (SSSR count). The van der Waals surface area contributed by atoms with Gasteiger partial charge in [0, 0.05) is 38.0 Å². The Balaban J connectivity index is 1.80. The van der Waals surface area contributed by atoms with Gasteiger partial charge in [0.05, 0.1) is 6.61 Å². The minimum absolute atomic E-state index is 0.00258. The summed E-state index contributed by atoms with van der Waals surface area (Å²) in [6.07, 6.45) is 4.11. The predicted octanol–water partition coefficient (Wildman–Crippen LogP) is 11.0. The largest absolute Gasteiger partial charge is 0.507 e. The molecule has 0 aliphatic heterocycles. The fourth-order valence-corrected chi connectivity index (χ4v) is 7.84. The van der Waals surface area contributed by atoms with Gasteiger partial charge < -0.3 is 30.5 Å². The highest BCUT2D eigenvalue weighted by atomic mass is 16.5. The molecule has 0 radical (unpaired) electrons. The molecule has 3 aromatic carbocycles. The summed E-state index contributed by atoms with van der Waals surface area (Å²) in [6.45, 7) is 32.1. The summed E-state index contributed by atoms with van der Waals surface area (Å²) in [5.74, 6) is 0.576. The Morgan fingerprint density at radius 1 is 0.600 bits per heavy atom. The lowest BCUT2D eigenvalue weighted by Crippen LogP contribution is -2.25. The molecule has 0 saturated carbocycles. The third-order valence-corrected chi connectivity index (χ3v) is 11.8. The third kappa shape index (κ3) is 13.7. The Morgan fingerprint density at radius 2 is 1.02 bits per heavy atom. The van der Waals surface area contributed by atoms with E-state index in [1.165, 1.54) is 0 Å². The van der Waals surface area contributed by atoms with Crippen molar-refractivity contribution in [2.75, 3.05) is 19.8 Å². The van der Waals surface area contributed by atoms with Gasteiger partial charge >= 0.3 is 5.97 Å². The number of hydrogen-bond donors (Lipinski definition) is 5. The number of rotatable bonds is 17. The van der Waals surface area contributed by atoms with Crippen molar-refractivity contribution in [2.45, 2.75) is 188 Å². The topological polar surface area (TPSA) is 136 Å². The van der Waals surface area contributed by atoms with Crippen LogP contribution in [0.4, 0.5) is 0 Å². The molecule has 1 amide bonds. The smallest absolute Gasteiger partial charge is 0.306 e. The highest BCUT2D eigenvalue weighted by Gasteiger charge is 2.32. The van der Waals surface area contributed by atoms with Crippen LogP contribution in [-0.2, 0) is 60.7 Å². The number of aromatic hydroxyl groups is 3. The van der Waals surface area contributed by atoms with Crippen LogP contribution in [-0.4, -0.2) is 52.1 Å². The summed E-state index contributed by atoms with van der Waals surface area (Å²) in [4.78, 5) is 25.6. The van der Waals surface area contributed by atoms with Gasteiger partial charge in [-0.3, -0.25) is 9.59 Å². The molecule has 0 saturated heterocycles. The summed E-state index contributed by atoms with van der Waals surface area (Å²) in [7, 11) is 0. The van der Waals surface area contributed by atoms with E-state index in [9.17, 15) is 24.9 Å². The number of carbonyl (C=O) groups excluding carboxylic acids is 2. The molecule has 8 heteroatoms. The molecule has 334 valence electrons. The number of carbonyl (C=O) groups is 2. The average Bonchev–Trinajstić information content (AvgIpc) is 3.11. The molecule has 0 aromatic heterocycles. The van der Waals surface area contributed by atoms with Crippen LogP contribution in [0.2, 0.25) is 0 Å². The van der Waals surface area contributed by atoms with E-state index < -0.39 is 5.41 Å². The standard InChI is InChI=1S/C52H79NO7/c1-33(37-27-34(17-19-43(55)53-24-16-25-54)28-38(45(37)57)48(2,3)4)21-23-52(14,15)42-32-36(31-41(47(42)59)51(11,12)13)22-26-60-44(56)20-18-35-29-39(49(5,6)7)46(58)40(30-35)50(8,9)10/h27-33,54,57-59H,16-26H2,1-15H3,(H,53,55). The van der Waals surface area contributed by atoms with Gasteiger partial charge in [-0.05, 0) is 110 Å². The third-order valence-electron chi connectivity index (χ3n) is 11.8. The molecule has 60 heavy (non-hydrogen) atoms. The molecule has 0 fully saturated rings. The average molecular weight is 830 g/mol. The van der Waals surface area contributed by atoms with Gasteiger partial charge in [0.15, 0.2) is 0 Å². The molecule has 0 heterocycles. The monoisotopic (exact) mass is 830 g/mol. The molecule has 0 bridgehead atoms. The van der Waals surface area contributed by atoms with Crippen LogP contribution in [0.25, 0.3) is 0 Å². The lowest BCUT2D eigenvalue weighted by molar-refractivity contribution is -0.143. The first-order valence-electron chi connectivity index (χ1n) is 22.1. The van der Waals surface area contributed by atoms with Crippen molar-refractivity contribution in [1.29, 1.82) is 0 Å². The van der Waals surface area contributed by atoms with Crippen molar-refractivity contribution >= 4 is 11.9 Å². The Hall–Kier alpha value is -4.04. The lowest BCUT2D eigenvalue weighted by atomic mass is 9.73. The Morgan fingerprint density at radius 3 is 1.50 bits per heavy atom. The van der Waals surface area contributed by atoms with E-state index in [4.69, 9.17) is 9.84 Å². The summed E-state index contributed by atoms with van der Waals surface area (Å²) in [5, 5.41) is 46.5. The minimum Gasteiger partial charge on any atom is -0.507 e. The van der Waals surface area contributed by atoms with Gasteiger partial charge in [0.1, 0.15) is 17.2 Å². The normalized spacial score (nSPS) is 13.3. The zero-order chi connectivity index (χ0) is 45.6. The van der Waals surface area contributed by atoms with Crippen molar-refractivity contribution < 1.29 is 34.8 Å². The number of aryl methyl sites for hydroxylation is 2. The first-order valence-corrected chi connectivity index (χ1v) is 22.1. The van der Waals surface area contributed by atoms with E-state index in [0.717, 1.165) is 62.9 Å². The zero-order valence-electron chi connectivity index (χ0n) is 39.8. The molecule has 1 atom stereocenters. The van der Waals surface area contributed by atoms with Crippen LogP contribution >= 0.6 is 0 Å². The second-order valence-corrected chi connectivity index (χ2v) is 21.9. The Bertz CT molecular complexity index is 1910. The Kier molecular flexibility index (Phi) is 16.6. The highest BCUT2D eigenvalue weighted by molar-refractivity contribution is 5.76. The van der Waals surface area contributed by atoms with Gasteiger partial charge in [-0.1, -0.05) is 140 Å². The van der Waals surface area contributed by atoms with Gasteiger partial charge in [0.25, 0.3) is 0 Å². The van der Waals surface area contributed by atoms with Gasteiger partial charge in [-0.2, -0.15) is 0 Å². The molecule has 0 spiro atoms. The zero-order valence-corrected chi connectivity index (χ0v) is 39.8. The number of phenols is 3. The number of amides is 1. The first kappa shape index (κ1) is 50.3. The number of phenolic OH excluding ortho intramolecular Hbond substituents is 3. The van der Waals surface area contributed by atoms with E-state index >= 15 is 0 Å². The molecule has 5 N–H and O–H groups in total. The van der Waals surface area contributed by atoms with Crippen molar-refractivity contribution in [3.8, 4) is 17.2 Å². The number of aliphatic hydroxyl groups excluding tert-OH is 1. The number of aliphatic hydroxyl groups is 1. The van der Waals surface area contributed by atoms with Crippen molar-refractivity contribution in [3.05, 3.63) is 86.5 Å². The maximum Gasteiger partial charge on any atom is 0.306 e. The molecular weight excluding hydrogens is 751 g/mol. The van der Waals surface area contributed by atoms with Crippen molar-refractivity contribution in [3.63, 3.8) is 0 Å². The molecule has 1 unspecified atom stereocenters. The molecule has 8 nitrogen and oxygen atoms in total. The number of nitrogens with one attached hydrogen (secondary N) is 1. The molecule has 0 aliphatic carbocycles. The van der Waals surface area contributed by atoms with E-state index in [1.54, 1.807) is 0 Å². The van der Waals surface area contributed by atoms with Gasteiger partial charge in [0.2, 0.25) is 5.91 Å². The van der Waals surface area contributed by atoms with E-state index in [0.29, 0.717) is 50.1 Å². The highest BCUT2D eigenvalue weighted by Crippen LogP contribution is 2.45. The first-order chi connectivity index (χ1) is 27.5. The lowest BCUT2D eigenvalue weighted by Gasteiger charge is -2.32. The second kappa shape index (κ2) is 19.8. The summed E-state index contributed by atoms with van der Waals surface area (Å²) >= 11 is 0. The predicted molar refractivity (Wildman–Crippen MR) is 246 cm³/mol. The maximum absolute atomic E-state index is 13.1. The number of esters is 1. The quantitative estimate of drug-likeness (QED) is 0.0675. The fraction of sp³-hybridized carbons (Fsp3) is 0.615. The Labute approximate surface area is 362 Å². The van der Waals surface area contributed by atoms with Crippen LogP contribution < -0.4 is 5.32 Å². The summed E-state index contributed by atoms with van der Waals surface area (Å²) in [6, 6.07) is 12.2. The van der Waals surface area contributed by atoms with Crippen molar-refractivity contribution in [1.82, 2.24) is 5.32 Å². The van der Waals surface area contributed by atoms with Crippen LogP contribution in [0, 0.1) is 0 Å². The molecule has 0 aliphatic rings. The summed E-state index contributed by atoms with van der Waals surface area (Å²) in [5.41, 5.74) is 6.58. The van der Waals surface area contributed by atoms with Gasteiger partial charge in [-0.15, -0.1) is 0 Å². The van der Waals surface area contributed by atoms with Crippen LogP contribution in [0.3, 0.4) is 0 Å². The molecular formula is C52H79NO7. The number of ether oxygens (including phenoxy) is 1. The summed E-state index contributed by atoms with van der Waals surface area (Å²) < 4.78 is 5.80. The van der Waals surface area contributed by atoms with E-state index in [1.807, 2.05) is 30.3 Å².